The lowest BCUT2D eigenvalue weighted by Gasteiger charge is -2.22. The Kier molecular flexibility index (Phi) is 6.44. The van der Waals surface area contributed by atoms with E-state index in [2.05, 4.69) is 15.6 Å². The molecule has 1 heterocycles. The van der Waals surface area contributed by atoms with Gasteiger partial charge in [0.1, 0.15) is 17.6 Å². The minimum absolute atomic E-state index is 0.181. The number of ether oxygens (including phenoxy) is 1. The van der Waals surface area contributed by atoms with Gasteiger partial charge in [-0.15, -0.1) is 0 Å². The average Bonchev–Trinajstić information content (AvgIpc) is 3.16. The van der Waals surface area contributed by atoms with Gasteiger partial charge in [-0.3, -0.25) is 9.59 Å². The van der Waals surface area contributed by atoms with Gasteiger partial charge in [0.2, 0.25) is 0 Å². The largest absolute Gasteiger partial charge is 0.496 e. The zero-order valence-electron chi connectivity index (χ0n) is 18.5. The number of amides is 2. The first kappa shape index (κ1) is 22.1. The fourth-order valence-electron chi connectivity index (χ4n) is 3.24. The zero-order valence-corrected chi connectivity index (χ0v) is 18.5. The predicted octanol–water partition coefficient (Wildman–Crippen LogP) is 3.48. The molecule has 162 valence electrons. The van der Waals surface area contributed by atoms with Crippen molar-refractivity contribution in [2.24, 2.45) is 7.05 Å². The van der Waals surface area contributed by atoms with Crippen molar-refractivity contribution in [2.75, 3.05) is 7.11 Å². The molecule has 0 saturated heterocycles. The van der Waals surface area contributed by atoms with E-state index in [9.17, 15) is 9.59 Å². The summed E-state index contributed by atoms with van der Waals surface area (Å²) in [6.45, 7) is 5.76. The molecular weight excluding hydrogens is 392 g/mol. The summed E-state index contributed by atoms with van der Waals surface area (Å²) in [7, 11) is 3.47. The Morgan fingerprint density at radius 1 is 1.00 bits per heavy atom. The molecule has 0 saturated carbocycles. The number of para-hydroxylation sites is 1. The molecule has 7 nitrogen and oxygen atoms in total. The number of nitrogens with one attached hydrogen (secondary N) is 2. The van der Waals surface area contributed by atoms with Gasteiger partial charge < -0.3 is 19.9 Å². The summed E-state index contributed by atoms with van der Waals surface area (Å²) in [5.41, 5.74) is 1.41. The van der Waals surface area contributed by atoms with Gasteiger partial charge in [-0.1, -0.05) is 18.2 Å². The second-order valence-corrected chi connectivity index (χ2v) is 8.33. The van der Waals surface area contributed by atoms with Gasteiger partial charge in [-0.25, -0.2) is 4.98 Å². The molecule has 0 spiro atoms. The van der Waals surface area contributed by atoms with Crippen LogP contribution >= 0.6 is 0 Å². The summed E-state index contributed by atoms with van der Waals surface area (Å²) in [6, 6.07) is 13.6. The maximum atomic E-state index is 13.1. The molecule has 2 N–H and O–H groups in total. The first-order chi connectivity index (χ1) is 14.7. The fraction of sp³-hybridized carbons (Fsp3) is 0.292. The predicted molar refractivity (Wildman–Crippen MR) is 119 cm³/mol. The lowest BCUT2D eigenvalue weighted by molar-refractivity contribution is 0.0913. The highest BCUT2D eigenvalue weighted by molar-refractivity contribution is 5.98. The second-order valence-electron chi connectivity index (χ2n) is 8.33. The topological polar surface area (TPSA) is 85.2 Å². The van der Waals surface area contributed by atoms with Gasteiger partial charge in [-0.2, -0.15) is 0 Å². The highest BCUT2D eigenvalue weighted by Gasteiger charge is 2.24. The average molecular weight is 421 g/mol. The maximum Gasteiger partial charge on any atom is 0.252 e. The molecule has 3 aromatic rings. The van der Waals surface area contributed by atoms with Crippen LogP contribution in [0.25, 0.3) is 0 Å². The van der Waals surface area contributed by atoms with Gasteiger partial charge in [-0.05, 0) is 51.1 Å². The van der Waals surface area contributed by atoms with Crippen LogP contribution in [0, 0.1) is 0 Å². The van der Waals surface area contributed by atoms with Crippen molar-refractivity contribution in [1.29, 1.82) is 0 Å². The summed E-state index contributed by atoms with van der Waals surface area (Å²) in [5, 5.41) is 5.96. The number of aromatic nitrogens is 2. The van der Waals surface area contributed by atoms with Crippen LogP contribution < -0.4 is 15.4 Å². The fourth-order valence-corrected chi connectivity index (χ4v) is 3.24. The van der Waals surface area contributed by atoms with E-state index >= 15 is 0 Å². The third-order valence-electron chi connectivity index (χ3n) is 4.74. The van der Waals surface area contributed by atoms with E-state index < -0.39 is 6.04 Å². The van der Waals surface area contributed by atoms with Crippen molar-refractivity contribution in [3.8, 4) is 5.75 Å². The van der Waals surface area contributed by atoms with Crippen LogP contribution in [0.4, 0.5) is 0 Å². The number of rotatable bonds is 6. The number of carbonyl (C=O) groups is 2. The quantitative estimate of drug-likeness (QED) is 0.639. The molecular formula is C24H28N4O3. The van der Waals surface area contributed by atoms with Crippen molar-refractivity contribution in [1.82, 2.24) is 20.2 Å². The van der Waals surface area contributed by atoms with Gasteiger partial charge in [0.25, 0.3) is 11.8 Å². The van der Waals surface area contributed by atoms with Crippen molar-refractivity contribution in [3.63, 3.8) is 0 Å². The van der Waals surface area contributed by atoms with Crippen molar-refractivity contribution < 1.29 is 14.3 Å². The first-order valence-corrected chi connectivity index (χ1v) is 10.0. The van der Waals surface area contributed by atoms with Gasteiger partial charge in [0.15, 0.2) is 0 Å². The summed E-state index contributed by atoms with van der Waals surface area (Å²) in [5.74, 6) is 0.880. The van der Waals surface area contributed by atoms with Crippen LogP contribution in [0.15, 0.2) is 60.9 Å². The standard InChI is InChI=1S/C24H28N4O3/c1-24(2,3)27-23(30)17-12-10-16(11-13-17)22(29)26-20(21-25-14-15-28(21)4)18-8-6-7-9-19(18)31-5/h6-15,20H,1-5H3,(H,26,29)(H,27,30). The lowest BCUT2D eigenvalue weighted by Crippen LogP contribution is -2.40. The number of hydrogen-bond donors (Lipinski definition) is 2. The van der Waals surface area contributed by atoms with Crippen molar-refractivity contribution >= 4 is 11.8 Å². The van der Waals surface area contributed by atoms with E-state index in [4.69, 9.17) is 4.74 Å². The van der Waals surface area contributed by atoms with E-state index in [1.54, 1.807) is 37.6 Å². The Balaban J connectivity index is 1.86. The van der Waals surface area contributed by atoms with Crippen LogP contribution in [-0.2, 0) is 7.05 Å². The molecule has 1 unspecified atom stereocenters. The molecule has 0 radical (unpaired) electrons. The van der Waals surface area contributed by atoms with Crippen LogP contribution in [0.2, 0.25) is 0 Å². The Labute approximate surface area is 182 Å². The minimum atomic E-state index is -0.507. The van der Waals surface area contributed by atoms with E-state index in [1.165, 1.54) is 0 Å². The number of nitrogens with zero attached hydrogens (tertiary/aromatic N) is 2. The van der Waals surface area contributed by atoms with E-state index in [1.807, 2.05) is 62.8 Å². The summed E-state index contributed by atoms with van der Waals surface area (Å²) in [6.07, 6.45) is 3.51. The van der Waals surface area contributed by atoms with E-state index in [-0.39, 0.29) is 17.4 Å². The van der Waals surface area contributed by atoms with Gasteiger partial charge in [0, 0.05) is 41.7 Å². The normalized spacial score (nSPS) is 12.2. The molecule has 0 aliphatic heterocycles. The number of carbonyl (C=O) groups excluding carboxylic acids is 2. The van der Waals surface area contributed by atoms with Gasteiger partial charge >= 0.3 is 0 Å². The Hall–Kier alpha value is -3.61. The lowest BCUT2D eigenvalue weighted by atomic mass is 10.0. The van der Waals surface area contributed by atoms with Crippen LogP contribution in [0.3, 0.4) is 0 Å². The molecule has 0 aliphatic rings. The molecule has 1 atom stereocenters. The highest BCUT2D eigenvalue weighted by Crippen LogP contribution is 2.29. The highest BCUT2D eigenvalue weighted by atomic mass is 16.5. The number of methoxy groups -OCH3 is 1. The van der Waals surface area contributed by atoms with Gasteiger partial charge in [0.05, 0.1) is 7.11 Å². The summed E-state index contributed by atoms with van der Waals surface area (Å²) < 4.78 is 7.36. The molecule has 2 aromatic carbocycles. The van der Waals surface area contributed by atoms with Crippen molar-refractivity contribution in [2.45, 2.75) is 32.4 Å². The molecule has 1 aromatic heterocycles. The molecule has 2 amide bonds. The van der Waals surface area contributed by atoms with Crippen LogP contribution in [0.1, 0.15) is 58.9 Å². The van der Waals surface area contributed by atoms with E-state index in [0.29, 0.717) is 22.7 Å². The summed E-state index contributed by atoms with van der Waals surface area (Å²) >= 11 is 0. The van der Waals surface area contributed by atoms with Crippen LogP contribution in [-0.4, -0.2) is 34.0 Å². The third-order valence-corrected chi connectivity index (χ3v) is 4.74. The minimum Gasteiger partial charge on any atom is -0.496 e. The molecule has 7 heteroatoms. The molecule has 31 heavy (non-hydrogen) atoms. The Morgan fingerprint density at radius 3 is 2.16 bits per heavy atom. The number of aryl methyl sites for hydroxylation is 1. The number of imidazole rings is 1. The molecule has 3 rings (SSSR count). The molecule has 0 bridgehead atoms. The Bertz CT molecular complexity index is 1060. The smallest absolute Gasteiger partial charge is 0.252 e. The van der Waals surface area contributed by atoms with Crippen molar-refractivity contribution in [3.05, 3.63) is 83.4 Å². The monoisotopic (exact) mass is 420 g/mol. The Morgan fingerprint density at radius 2 is 1.61 bits per heavy atom. The SMILES string of the molecule is COc1ccccc1C(NC(=O)c1ccc(C(=O)NC(C)(C)C)cc1)c1nccn1C. The summed E-state index contributed by atoms with van der Waals surface area (Å²) in [4.78, 5) is 29.8. The molecule has 0 aliphatic carbocycles. The third kappa shape index (κ3) is 5.31. The van der Waals surface area contributed by atoms with Crippen LogP contribution in [0.5, 0.6) is 5.75 Å². The number of hydrogen-bond acceptors (Lipinski definition) is 4. The second kappa shape index (κ2) is 9.04. The molecule has 0 fully saturated rings. The maximum absolute atomic E-state index is 13.1. The first-order valence-electron chi connectivity index (χ1n) is 10.0. The zero-order chi connectivity index (χ0) is 22.6. The number of benzene rings is 2. The van der Waals surface area contributed by atoms with E-state index in [0.717, 1.165) is 5.56 Å².